The van der Waals surface area contributed by atoms with Crippen molar-refractivity contribution in [2.24, 2.45) is 0 Å². The maximum Gasteiger partial charge on any atom is 0.257 e. The number of carbonyl (C=O) groups is 1. The number of aryl methyl sites for hydroxylation is 1. The predicted octanol–water partition coefficient (Wildman–Crippen LogP) is 3.86. The number of aromatic nitrogens is 1. The summed E-state index contributed by atoms with van der Waals surface area (Å²) in [6.45, 7) is 2.23. The number of rotatable bonds is 5. The summed E-state index contributed by atoms with van der Waals surface area (Å²) in [6, 6.07) is 14.8. The molecule has 0 aliphatic heterocycles. The Hall–Kier alpha value is -2.79. The second kappa shape index (κ2) is 7.40. The minimum atomic E-state index is -0.232. The molecule has 5 nitrogen and oxygen atoms in total. The van der Waals surface area contributed by atoms with Crippen molar-refractivity contribution in [1.29, 1.82) is 0 Å². The Morgan fingerprint density at radius 2 is 1.92 bits per heavy atom. The van der Waals surface area contributed by atoms with Crippen molar-refractivity contribution in [3.05, 3.63) is 70.4 Å². The highest BCUT2D eigenvalue weighted by Crippen LogP contribution is 2.31. The second-order valence-electron chi connectivity index (χ2n) is 5.70. The lowest BCUT2D eigenvalue weighted by molar-refractivity contribution is 0.0954. The quantitative estimate of drug-likeness (QED) is 0.681. The molecule has 0 unspecified atom stereocenters. The van der Waals surface area contributed by atoms with E-state index in [1.165, 1.54) is 0 Å². The molecule has 0 spiro atoms. The van der Waals surface area contributed by atoms with Crippen LogP contribution in [0.1, 0.15) is 21.6 Å². The van der Waals surface area contributed by atoms with Crippen LogP contribution in [0.2, 0.25) is 5.02 Å². The molecule has 1 amide bonds. The van der Waals surface area contributed by atoms with Crippen LogP contribution in [0.4, 0.5) is 5.69 Å². The third-order valence-electron chi connectivity index (χ3n) is 3.89. The number of anilines is 1. The van der Waals surface area contributed by atoms with E-state index in [4.69, 9.17) is 21.9 Å². The van der Waals surface area contributed by atoms with Crippen LogP contribution in [0, 0.1) is 6.92 Å². The number of hydrogen-bond acceptors (Lipinski definition) is 4. The Morgan fingerprint density at radius 1 is 1.20 bits per heavy atom. The lowest BCUT2D eigenvalue weighted by Gasteiger charge is -2.07. The van der Waals surface area contributed by atoms with Crippen molar-refractivity contribution in [2.75, 3.05) is 12.3 Å². The first kappa shape index (κ1) is 17.0. The molecule has 0 saturated carbocycles. The van der Waals surface area contributed by atoms with Gasteiger partial charge in [-0.25, -0.2) is 0 Å². The Kier molecular flexibility index (Phi) is 5.05. The van der Waals surface area contributed by atoms with Gasteiger partial charge in [0, 0.05) is 17.8 Å². The summed E-state index contributed by atoms with van der Waals surface area (Å²) < 4.78 is 5.35. The normalized spacial score (nSPS) is 10.6. The molecule has 6 heteroatoms. The maximum atomic E-state index is 12.6. The molecule has 0 aliphatic carbocycles. The van der Waals surface area contributed by atoms with E-state index in [2.05, 4.69) is 10.5 Å². The van der Waals surface area contributed by atoms with Gasteiger partial charge in [0.1, 0.15) is 5.56 Å². The van der Waals surface area contributed by atoms with Crippen LogP contribution in [-0.4, -0.2) is 17.6 Å². The van der Waals surface area contributed by atoms with Crippen LogP contribution in [0.3, 0.4) is 0 Å². The highest BCUT2D eigenvalue weighted by atomic mass is 35.5. The van der Waals surface area contributed by atoms with Crippen molar-refractivity contribution >= 4 is 23.2 Å². The van der Waals surface area contributed by atoms with Gasteiger partial charge in [-0.3, -0.25) is 4.79 Å². The minimum Gasteiger partial charge on any atom is -0.399 e. The smallest absolute Gasteiger partial charge is 0.257 e. The molecule has 128 valence electrons. The molecule has 1 heterocycles. The van der Waals surface area contributed by atoms with Crippen molar-refractivity contribution in [1.82, 2.24) is 10.5 Å². The fourth-order valence-corrected chi connectivity index (χ4v) is 2.78. The van der Waals surface area contributed by atoms with E-state index < -0.39 is 0 Å². The van der Waals surface area contributed by atoms with Crippen LogP contribution in [0.5, 0.6) is 0 Å². The zero-order valence-electron chi connectivity index (χ0n) is 13.8. The van der Waals surface area contributed by atoms with Gasteiger partial charge in [-0.05, 0) is 43.2 Å². The number of nitrogens with zero attached hydrogens (tertiary/aromatic N) is 1. The highest BCUT2D eigenvalue weighted by molar-refractivity contribution is 6.33. The van der Waals surface area contributed by atoms with Crippen LogP contribution in [0.25, 0.3) is 11.3 Å². The molecule has 0 aliphatic rings. The Balaban J connectivity index is 1.73. The molecule has 2 aromatic carbocycles. The molecule has 3 aromatic rings. The van der Waals surface area contributed by atoms with Gasteiger partial charge in [0.05, 0.1) is 10.7 Å². The first-order valence-corrected chi connectivity index (χ1v) is 8.28. The number of nitrogen functional groups attached to an aromatic ring is 1. The fourth-order valence-electron chi connectivity index (χ4n) is 2.56. The fraction of sp³-hybridized carbons (Fsp3) is 0.158. The standard InChI is InChI=1S/C19H18ClN3O2/c1-12-17(18(25-23-12)15-4-2-3-5-16(15)20)19(24)22-11-10-13-6-8-14(21)9-7-13/h2-9H,10-11,21H2,1H3,(H,22,24). The summed E-state index contributed by atoms with van der Waals surface area (Å²) >= 11 is 6.21. The summed E-state index contributed by atoms with van der Waals surface area (Å²) in [4.78, 5) is 12.6. The zero-order valence-corrected chi connectivity index (χ0v) is 14.5. The molecular formula is C19H18ClN3O2. The number of amides is 1. The lowest BCUT2D eigenvalue weighted by Crippen LogP contribution is -2.26. The number of benzene rings is 2. The molecule has 0 fully saturated rings. The Labute approximate surface area is 150 Å². The van der Waals surface area contributed by atoms with Crippen molar-refractivity contribution in [2.45, 2.75) is 13.3 Å². The van der Waals surface area contributed by atoms with Crippen LogP contribution in [0.15, 0.2) is 53.1 Å². The SMILES string of the molecule is Cc1noc(-c2ccccc2Cl)c1C(=O)NCCc1ccc(N)cc1. The van der Waals surface area contributed by atoms with E-state index in [0.29, 0.717) is 40.6 Å². The van der Waals surface area contributed by atoms with Crippen LogP contribution < -0.4 is 11.1 Å². The minimum absolute atomic E-state index is 0.232. The Bertz CT molecular complexity index is 888. The lowest BCUT2D eigenvalue weighted by atomic mass is 10.1. The molecule has 3 rings (SSSR count). The second-order valence-corrected chi connectivity index (χ2v) is 6.11. The summed E-state index contributed by atoms with van der Waals surface area (Å²) in [7, 11) is 0. The van der Waals surface area contributed by atoms with E-state index in [-0.39, 0.29) is 5.91 Å². The molecule has 0 bridgehead atoms. The summed E-state index contributed by atoms with van der Waals surface area (Å²) in [5.41, 5.74) is 9.07. The number of carbonyl (C=O) groups excluding carboxylic acids is 1. The van der Waals surface area contributed by atoms with Gasteiger partial charge >= 0.3 is 0 Å². The van der Waals surface area contributed by atoms with Gasteiger partial charge in [-0.15, -0.1) is 0 Å². The van der Waals surface area contributed by atoms with E-state index in [1.54, 1.807) is 19.1 Å². The van der Waals surface area contributed by atoms with Crippen LogP contribution >= 0.6 is 11.6 Å². The molecule has 1 aromatic heterocycles. The first-order chi connectivity index (χ1) is 12.1. The monoisotopic (exact) mass is 355 g/mol. The Morgan fingerprint density at radius 3 is 2.64 bits per heavy atom. The molecule has 25 heavy (non-hydrogen) atoms. The molecule has 0 saturated heterocycles. The molecule has 0 atom stereocenters. The largest absolute Gasteiger partial charge is 0.399 e. The third kappa shape index (κ3) is 3.83. The van der Waals surface area contributed by atoms with Crippen LogP contribution in [-0.2, 0) is 6.42 Å². The predicted molar refractivity (Wildman–Crippen MR) is 98.6 cm³/mol. The van der Waals surface area contributed by atoms with Crippen molar-refractivity contribution in [3.63, 3.8) is 0 Å². The molecule has 0 radical (unpaired) electrons. The number of halogens is 1. The van der Waals surface area contributed by atoms with E-state index in [1.807, 2.05) is 36.4 Å². The van der Waals surface area contributed by atoms with E-state index in [0.717, 1.165) is 11.3 Å². The average Bonchev–Trinajstić information content (AvgIpc) is 2.98. The van der Waals surface area contributed by atoms with E-state index in [9.17, 15) is 4.79 Å². The molecule has 3 N–H and O–H groups in total. The first-order valence-electron chi connectivity index (χ1n) is 7.90. The van der Waals surface area contributed by atoms with E-state index >= 15 is 0 Å². The average molecular weight is 356 g/mol. The summed E-state index contributed by atoms with van der Waals surface area (Å²) in [5, 5.41) is 7.34. The highest BCUT2D eigenvalue weighted by Gasteiger charge is 2.22. The summed E-state index contributed by atoms with van der Waals surface area (Å²) in [6.07, 6.45) is 0.706. The number of nitrogens with two attached hydrogens (primary N) is 1. The molecular weight excluding hydrogens is 338 g/mol. The zero-order chi connectivity index (χ0) is 17.8. The van der Waals surface area contributed by atoms with Gasteiger partial charge in [0.15, 0.2) is 5.76 Å². The maximum absolute atomic E-state index is 12.6. The van der Waals surface area contributed by atoms with Gasteiger partial charge in [0.25, 0.3) is 5.91 Å². The van der Waals surface area contributed by atoms with Gasteiger partial charge in [0.2, 0.25) is 0 Å². The van der Waals surface area contributed by atoms with Gasteiger partial charge in [-0.1, -0.05) is 41.0 Å². The number of nitrogens with one attached hydrogen (secondary N) is 1. The topological polar surface area (TPSA) is 81.2 Å². The third-order valence-corrected chi connectivity index (χ3v) is 4.22. The van der Waals surface area contributed by atoms with Crippen molar-refractivity contribution < 1.29 is 9.32 Å². The number of hydrogen-bond donors (Lipinski definition) is 2. The van der Waals surface area contributed by atoms with Gasteiger partial charge < -0.3 is 15.6 Å². The van der Waals surface area contributed by atoms with Crippen molar-refractivity contribution in [3.8, 4) is 11.3 Å². The summed E-state index contributed by atoms with van der Waals surface area (Å²) in [5.74, 6) is 0.150. The van der Waals surface area contributed by atoms with Gasteiger partial charge in [-0.2, -0.15) is 0 Å².